The molecule has 0 bridgehead atoms. The summed E-state index contributed by atoms with van der Waals surface area (Å²) in [5, 5.41) is 9.35. The van der Waals surface area contributed by atoms with Crippen molar-refractivity contribution in [3.05, 3.63) is 36.0 Å². The van der Waals surface area contributed by atoms with Crippen LogP contribution in [0.4, 0.5) is 18.9 Å². The Labute approximate surface area is 118 Å². The van der Waals surface area contributed by atoms with Gasteiger partial charge in [0.2, 0.25) is 0 Å². The maximum atomic E-state index is 12.7. The second-order valence-electron chi connectivity index (χ2n) is 4.66. The van der Waals surface area contributed by atoms with Crippen LogP contribution in [-0.2, 0) is 4.79 Å². The van der Waals surface area contributed by atoms with Crippen molar-refractivity contribution in [2.75, 3.05) is 18.0 Å². The molecule has 0 spiro atoms. The Hall–Kier alpha value is -2.31. The summed E-state index contributed by atoms with van der Waals surface area (Å²) in [4.78, 5) is 15.9. The number of anilines is 1. The SMILES string of the molecule is Cc1cc(N(CC(=O)O)CC(F)(F)F)c2ccccc2n1. The molecule has 0 aliphatic carbocycles. The number of hydrogen-bond acceptors (Lipinski definition) is 3. The summed E-state index contributed by atoms with van der Waals surface area (Å²) in [6.07, 6.45) is -4.49. The number of hydrogen-bond donors (Lipinski definition) is 1. The molecule has 0 amide bonds. The number of para-hydroxylation sites is 1. The number of aromatic nitrogens is 1. The Morgan fingerprint density at radius 3 is 2.62 bits per heavy atom. The number of aliphatic carboxylic acids is 1. The number of rotatable bonds is 4. The third kappa shape index (κ3) is 3.84. The molecule has 0 saturated carbocycles. The van der Waals surface area contributed by atoms with Crippen LogP contribution in [0.1, 0.15) is 5.69 Å². The van der Waals surface area contributed by atoms with Gasteiger partial charge in [0.05, 0.1) is 5.52 Å². The minimum Gasteiger partial charge on any atom is -0.480 e. The van der Waals surface area contributed by atoms with Crippen LogP contribution in [0.2, 0.25) is 0 Å². The molecule has 0 saturated heterocycles. The van der Waals surface area contributed by atoms with Crippen LogP contribution in [0.3, 0.4) is 0 Å². The molecule has 1 aromatic heterocycles. The van der Waals surface area contributed by atoms with Crippen molar-refractivity contribution in [3.63, 3.8) is 0 Å². The van der Waals surface area contributed by atoms with Crippen molar-refractivity contribution < 1.29 is 23.1 Å². The fourth-order valence-corrected chi connectivity index (χ4v) is 2.15. The molecule has 2 aromatic rings. The first-order valence-corrected chi connectivity index (χ1v) is 6.16. The van der Waals surface area contributed by atoms with E-state index in [0.29, 0.717) is 16.6 Å². The van der Waals surface area contributed by atoms with Crippen LogP contribution in [0.5, 0.6) is 0 Å². The summed E-state index contributed by atoms with van der Waals surface area (Å²) in [6, 6.07) is 8.18. The molecule has 0 aliphatic rings. The number of fused-ring (bicyclic) bond motifs is 1. The van der Waals surface area contributed by atoms with Crippen molar-refractivity contribution in [2.24, 2.45) is 0 Å². The zero-order valence-corrected chi connectivity index (χ0v) is 11.2. The van der Waals surface area contributed by atoms with Gasteiger partial charge in [0, 0.05) is 16.8 Å². The van der Waals surface area contributed by atoms with Gasteiger partial charge in [-0.2, -0.15) is 13.2 Å². The zero-order chi connectivity index (χ0) is 15.6. The van der Waals surface area contributed by atoms with Crippen molar-refractivity contribution in [2.45, 2.75) is 13.1 Å². The molecule has 1 N–H and O–H groups in total. The Bertz CT molecular complexity index is 671. The number of alkyl halides is 3. The van der Waals surface area contributed by atoms with Gasteiger partial charge in [-0.1, -0.05) is 18.2 Å². The summed E-state index contributed by atoms with van der Waals surface area (Å²) < 4.78 is 38.1. The van der Waals surface area contributed by atoms with E-state index in [0.717, 1.165) is 4.90 Å². The predicted molar refractivity (Wildman–Crippen MR) is 72.4 cm³/mol. The van der Waals surface area contributed by atoms with Crippen LogP contribution in [-0.4, -0.2) is 35.3 Å². The molecule has 21 heavy (non-hydrogen) atoms. The van der Waals surface area contributed by atoms with Gasteiger partial charge in [0.1, 0.15) is 13.1 Å². The lowest BCUT2D eigenvalue weighted by molar-refractivity contribution is -0.136. The van der Waals surface area contributed by atoms with Gasteiger partial charge >= 0.3 is 12.1 Å². The second kappa shape index (κ2) is 5.59. The van der Waals surface area contributed by atoms with Crippen LogP contribution in [0, 0.1) is 6.92 Å². The molecule has 0 aliphatic heterocycles. The highest BCUT2D eigenvalue weighted by Crippen LogP contribution is 2.29. The summed E-state index contributed by atoms with van der Waals surface area (Å²) >= 11 is 0. The zero-order valence-electron chi connectivity index (χ0n) is 11.2. The lowest BCUT2D eigenvalue weighted by Gasteiger charge is -2.25. The Morgan fingerprint density at radius 2 is 2.00 bits per heavy atom. The van der Waals surface area contributed by atoms with Crippen molar-refractivity contribution >= 4 is 22.6 Å². The number of halogens is 3. The summed E-state index contributed by atoms with van der Waals surface area (Å²) in [5.74, 6) is -1.32. The molecular weight excluding hydrogens is 285 g/mol. The minimum absolute atomic E-state index is 0.220. The van der Waals surface area contributed by atoms with E-state index < -0.39 is 25.2 Å². The lowest BCUT2D eigenvalue weighted by Crippen LogP contribution is -2.38. The highest BCUT2D eigenvalue weighted by Gasteiger charge is 2.32. The molecule has 112 valence electrons. The summed E-state index contributed by atoms with van der Waals surface area (Å²) in [6.45, 7) is -0.401. The number of carboxylic acids is 1. The number of carbonyl (C=O) groups is 1. The van der Waals surface area contributed by atoms with E-state index in [4.69, 9.17) is 5.11 Å². The monoisotopic (exact) mass is 298 g/mol. The summed E-state index contributed by atoms with van der Waals surface area (Å²) in [7, 11) is 0. The van der Waals surface area contributed by atoms with Crippen molar-refractivity contribution in [3.8, 4) is 0 Å². The highest BCUT2D eigenvalue weighted by atomic mass is 19.4. The van der Waals surface area contributed by atoms with Crippen molar-refractivity contribution in [1.82, 2.24) is 4.98 Å². The third-order valence-corrected chi connectivity index (χ3v) is 2.86. The molecule has 1 heterocycles. The van der Waals surface area contributed by atoms with Gasteiger partial charge in [-0.25, -0.2) is 0 Å². The molecule has 0 fully saturated rings. The summed E-state index contributed by atoms with van der Waals surface area (Å²) in [5.41, 5.74) is 1.28. The topological polar surface area (TPSA) is 53.4 Å². The van der Waals surface area contributed by atoms with E-state index in [1.807, 2.05) is 0 Å². The number of nitrogens with zero attached hydrogens (tertiary/aromatic N) is 2. The fourth-order valence-electron chi connectivity index (χ4n) is 2.15. The average molecular weight is 298 g/mol. The molecule has 0 atom stereocenters. The molecule has 1 aromatic carbocycles. The Balaban J connectivity index is 2.55. The first-order valence-electron chi connectivity index (χ1n) is 6.16. The Kier molecular flexibility index (Phi) is 4.02. The molecule has 4 nitrogen and oxygen atoms in total. The molecule has 7 heteroatoms. The van der Waals surface area contributed by atoms with Crippen LogP contribution < -0.4 is 4.90 Å². The molecular formula is C14H13F3N2O2. The van der Waals surface area contributed by atoms with E-state index >= 15 is 0 Å². The van der Waals surface area contributed by atoms with Gasteiger partial charge in [0.25, 0.3) is 0 Å². The van der Waals surface area contributed by atoms with E-state index in [1.165, 1.54) is 6.07 Å². The number of carboxylic acid groups (broad SMARTS) is 1. The molecule has 0 unspecified atom stereocenters. The maximum absolute atomic E-state index is 12.7. The standard InChI is InChI=1S/C14H13F3N2O2/c1-9-6-12(10-4-2-3-5-11(10)18-9)19(7-13(20)21)8-14(15,16)17/h2-6H,7-8H2,1H3,(H,20,21). The van der Waals surface area contributed by atoms with Gasteiger partial charge < -0.3 is 10.0 Å². The quantitative estimate of drug-likeness (QED) is 0.942. The van der Waals surface area contributed by atoms with Gasteiger partial charge in [-0.05, 0) is 19.1 Å². The number of benzene rings is 1. The molecule has 2 rings (SSSR count). The smallest absolute Gasteiger partial charge is 0.405 e. The predicted octanol–water partition coefficient (Wildman–Crippen LogP) is 3.00. The largest absolute Gasteiger partial charge is 0.480 e. The third-order valence-electron chi connectivity index (χ3n) is 2.86. The van der Waals surface area contributed by atoms with Crippen LogP contribution in [0.25, 0.3) is 10.9 Å². The first kappa shape index (κ1) is 15.1. The highest BCUT2D eigenvalue weighted by molar-refractivity contribution is 5.93. The second-order valence-corrected chi connectivity index (χ2v) is 4.66. The van der Waals surface area contributed by atoms with Crippen LogP contribution >= 0.6 is 0 Å². The normalized spacial score (nSPS) is 11.6. The number of pyridine rings is 1. The van der Waals surface area contributed by atoms with E-state index in [1.54, 1.807) is 31.2 Å². The maximum Gasteiger partial charge on any atom is 0.405 e. The lowest BCUT2D eigenvalue weighted by atomic mass is 10.1. The van der Waals surface area contributed by atoms with Crippen molar-refractivity contribution in [1.29, 1.82) is 0 Å². The van der Waals surface area contributed by atoms with E-state index in [2.05, 4.69) is 4.98 Å². The molecule has 0 radical (unpaired) electrons. The Morgan fingerprint density at radius 1 is 1.33 bits per heavy atom. The average Bonchev–Trinajstić information content (AvgIpc) is 2.34. The number of aryl methyl sites for hydroxylation is 1. The van der Waals surface area contributed by atoms with E-state index in [9.17, 15) is 18.0 Å². The van der Waals surface area contributed by atoms with Gasteiger partial charge in [-0.15, -0.1) is 0 Å². The van der Waals surface area contributed by atoms with Gasteiger partial charge in [0.15, 0.2) is 0 Å². The van der Waals surface area contributed by atoms with Gasteiger partial charge in [-0.3, -0.25) is 9.78 Å². The van der Waals surface area contributed by atoms with E-state index in [-0.39, 0.29) is 5.69 Å². The fraction of sp³-hybridized carbons (Fsp3) is 0.286. The first-order chi connectivity index (χ1) is 9.76. The van der Waals surface area contributed by atoms with Crippen LogP contribution in [0.15, 0.2) is 30.3 Å². The minimum atomic E-state index is -4.49.